The zero-order valence-corrected chi connectivity index (χ0v) is 10.2. The van der Waals surface area contributed by atoms with Crippen LogP contribution in [0.2, 0.25) is 0 Å². The molecule has 4 nitrogen and oxygen atoms in total. The zero-order valence-electron chi connectivity index (χ0n) is 10.2. The van der Waals surface area contributed by atoms with Gasteiger partial charge in [0.1, 0.15) is 0 Å². The number of nitrogens with zero attached hydrogens (tertiary/aromatic N) is 2. The van der Waals surface area contributed by atoms with Crippen molar-refractivity contribution in [2.45, 2.75) is 32.4 Å². The lowest BCUT2D eigenvalue weighted by atomic mass is 10.0. The minimum absolute atomic E-state index is 0.00980. The molecule has 1 aliphatic heterocycles. The number of hydrogen-bond acceptors (Lipinski definition) is 3. The Hall–Kier alpha value is -1.42. The molecule has 1 aromatic rings. The van der Waals surface area contributed by atoms with Crippen molar-refractivity contribution in [1.82, 2.24) is 15.2 Å². The number of carbonyl (C=O) groups is 1. The predicted molar refractivity (Wildman–Crippen MR) is 66.4 cm³/mol. The third-order valence-electron chi connectivity index (χ3n) is 3.10. The van der Waals surface area contributed by atoms with E-state index in [1.807, 2.05) is 24.0 Å². The fourth-order valence-electron chi connectivity index (χ4n) is 2.24. The lowest BCUT2D eigenvalue weighted by Gasteiger charge is -2.32. The molecule has 1 saturated heterocycles. The molecule has 0 aromatic carbocycles. The molecular weight excluding hydrogens is 214 g/mol. The van der Waals surface area contributed by atoms with Gasteiger partial charge in [-0.2, -0.15) is 0 Å². The summed E-state index contributed by atoms with van der Waals surface area (Å²) in [5, 5.41) is 3.25. The molecule has 0 saturated carbocycles. The summed E-state index contributed by atoms with van der Waals surface area (Å²) in [6.45, 7) is 4.45. The van der Waals surface area contributed by atoms with Gasteiger partial charge in [-0.3, -0.25) is 9.78 Å². The second kappa shape index (κ2) is 5.77. The Bertz CT molecular complexity index is 364. The summed E-state index contributed by atoms with van der Waals surface area (Å²) < 4.78 is 0. The molecule has 1 aromatic heterocycles. The predicted octanol–water partition coefficient (Wildman–Crippen LogP) is 1.18. The SMILES string of the molecule is CCNC1CCCN(Cc2ccncc2)C1=O. The summed E-state index contributed by atoms with van der Waals surface area (Å²) in [4.78, 5) is 18.1. The molecule has 0 aliphatic carbocycles. The number of rotatable bonds is 4. The molecule has 1 amide bonds. The lowest BCUT2D eigenvalue weighted by molar-refractivity contribution is -0.136. The fourth-order valence-corrected chi connectivity index (χ4v) is 2.24. The van der Waals surface area contributed by atoms with Gasteiger partial charge >= 0.3 is 0 Å². The summed E-state index contributed by atoms with van der Waals surface area (Å²) in [5.74, 6) is 0.231. The summed E-state index contributed by atoms with van der Waals surface area (Å²) in [5.41, 5.74) is 1.14. The summed E-state index contributed by atoms with van der Waals surface area (Å²) in [7, 11) is 0. The van der Waals surface area contributed by atoms with Gasteiger partial charge in [0.15, 0.2) is 0 Å². The van der Waals surface area contributed by atoms with Gasteiger partial charge in [-0.25, -0.2) is 0 Å². The highest BCUT2D eigenvalue weighted by molar-refractivity contribution is 5.82. The Morgan fingerprint density at radius 1 is 1.47 bits per heavy atom. The topological polar surface area (TPSA) is 45.2 Å². The smallest absolute Gasteiger partial charge is 0.240 e. The monoisotopic (exact) mass is 233 g/mol. The molecule has 92 valence electrons. The number of likely N-dealkylation sites (N-methyl/N-ethyl adjacent to an activating group) is 1. The molecule has 1 atom stereocenters. The van der Waals surface area contributed by atoms with Gasteiger partial charge in [0.05, 0.1) is 6.04 Å². The number of carbonyl (C=O) groups excluding carboxylic acids is 1. The molecule has 17 heavy (non-hydrogen) atoms. The Morgan fingerprint density at radius 2 is 2.24 bits per heavy atom. The highest BCUT2D eigenvalue weighted by Crippen LogP contribution is 2.14. The van der Waals surface area contributed by atoms with Crippen LogP contribution in [0.3, 0.4) is 0 Å². The summed E-state index contributed by atoms with van der Waals surface area (Å²) in [6, 6.07) is 3.93. The van der Waals surface area contributed by atoms with E-state index in [1.165, 1.54) is 0 Å². The Kier molecular flexibility index (Phi) is 4.09. The van der Waals surface area contributed by atoms with Gasteiger partial charge in [-0.1, -0.05) is 6.92 Å². The van der Waals surface area contributed by atoms with Crippen LogP contribution in [0.1, 0.15) is 25.3 Å². The molecule has 2 heterocycles. The van der Waals surface area contributed by atoms with Crippen molar-refractivity contribution in [2.75, 3.05) is 13.1 Å². The highest BCUT2D eigenvalue weighted by Gasteiger charge is 2.27. The Morgan fingerprint density at radius 3 is 2.94 bits per heavy atom. The lowest BCUT2D eigenvalue weighted by Crippen LogP contribution is -2.50. The first-order valence-corrected chi connectivity index (χ1v) is 6.22. The first-order valence-electron chi connectivity index (χ1n) is 6.22. The maximum Gasteiger partial charge on any atom is 0.240 e. The molecule has 1 aliphatic rings. The number of likely N-dealkylation sites (tertiary alicyclic amines) is 1. The minimum Gasteiger partial charge on any atom is -0.337 e. The average molecular weight is 233 g/mol. The van der Waals surface area contributed by atoms with E-state index in [9.17, 15) is 4.79 Å². The standard InChI is InChI=1S/C13H19N3O/c1-2-15-12-4-3-9-16(13(12)17)10-11-5-7-14-8-6-11/h5-8,12,15H,2-4,9-10H2,1H3. The van der Waals surface area contributed by atoms with Crippen molar-refractivity contribution < 1.29 is 4.79 Å². The largest absolute Gasteiger partial charge is 0.337 e. The van der Waals surface area contributed by atoms with E-state index in [0.717, 1.165) is 31.5 Å². The van der Waals surface area contributed by atoms with E-state index >= 15 is 0 Å². The van der Waals surface area contributed by atoms with E-state index in [-0.39, 0.29) is 11.9 Å². The van der Waals surface area contributed by atoms with Crippen molar-refractivity contribution in [1.29, 1.82) is 0 Å². The third-order valence-corrected chi connectivity index (χ3v) is 3.10. The van der Waals surface area contributed by atoms with Crippen LogP contribution in [0.4, 0.5) is 0 Å². The fraction of sp³-hybridized carbons (Fsp3) is 0.538. The molecule has 0 radical (unpaired) electrons. The van der Waals surface area contributed by atoms with Crippen LogP contribution < -0.4 is 5.32 Å². The van der Waals surface area contributed by atoms with Crippen molar-refractivity contribution in [3.8, 4) is 0 Å². The molecule has 1 unspecified atom stereocenters. The maximum absolute atomic E-state index is 12.2. The van der Waals surface area contributed by atoms with E-state index < -0.39 is 0 Å². The van der Waals surface area contributed by atoms with E-state index in [2.05, 4.69) is 10.3 Å². The second-order valence-corrected chi connectivity index (χ2v) is 4.37. The minimum atomic E-state index is 0.00980. The summed E-state index contributed by atoms with van der Waals surface area (Å²) in [6.07, 6.45) is 5.57. The van der Waals surface area contributed by atoms with Gasteiger partial charge < -0.3 is 10.2 Å². The number of pyridine rings is 1. The van der Waals surface area contributed by atoms with Gasteiger partial charge in [0.25, 0.3) is 0 Å². The number of amides is 1. The Balaban J connectivity index is 1.98. The zero-order chi connectivity index (χ0) is 12.1. The van der Waals surface area contributed by atoms with Crippen molar-refractivity contribution >= 4 is 5.91 Å². The van der Waals surface area contributed by atoms with Crippen molar-refractivity contribution in [3.05, 3.63) is 30.1 Å². The van der Waals surface area contributed by atoms with E-state index in [4.69, 9.17) is 0 Å². The maximum atomic E-state index is 12.2. The molecule has 0 spiro atoms. The van der Waals surface area contributed by atoms with Crippen LogP contribution >= 0.6 is 0 Å². The van der Waals surface area contributed by atoms with Gasteiger partial charge in [0.2, 0.25) is 5.91 Å². The highest BCUT2D eigenvalue weighted by atomic mass is 16.2. The molecule has 1 fully saturated rings. The second-order valence-electron chi connectivity index (χ2n) is 4.37. The number of nitrogens with one attached hydrogen (secondary N) is 1. The van der Waals surface area contributed by atoms with Crippen molar-refractivity contribution in [2.24, 2.45) is 0 Å². The van der Waals surface area contributed by atoms with Crippen LogP contribution in [-0.2, 0) is 11.3 Å². The molecule has 2 rings (SSSR count). The first kappa shape index (κ1) is 12.0. The van der Waals surface area contributed by atoms with Crippen LogP contribution in [0.15, 0.2) is 24.5 Å². The molecule has 1 N–H and O–H groups in total. The van der Waals surface area contributed by atoms with E-state index in [1.54, 1.807) is 12.4 Å². The van der Waals surface area contributed by atoms with Gasteiger partial charge in [-0.15, -0.1) is 0 Å². The van der Waals surface area contributed by atoms with Crippen LogP contribution in [0.25, 0.3) is 0 Å². The number of hydrogen-bond donors (Lipinski definition) is 1. The average Bonchev–Trinajstić information content (AvgIpc) is 2.36. The van der Waals surface area contributed by atoms with Gasteiger partial charge in [0, 0.05) is 25.5 Å². The first-order chi connectivity index (χ1) is 8.31. The Labute approximate surface area is 102 Å². The van der Waals surface area contributed by atoms with Crippen LogP contribution in [0.5, 0.6) is 0 Å². The van der Waals surface area contributed by atoms with E-state index in [0.29, 0.717) is 6.54 Å². The number of piperidine rings is 1. The van der Waals surface area contributed by atoms with Crippen molar-refractivity contribution in [3.63, 3.8) is 0 Å². The van der Waals surface area contributed by atoms with Crippen LogP contribution in [-0.4, -0.2) is 34.9 Å². The normalized spacial score (nSPS) is 20.6. The molecular formula is C13H19N3O. The third kappa shape index (κ3) is 3.03. The summed E-state index contributed by atoms with van der Waals surface area (Å²) >= 11 is 0. The number of aromatic nitrogens is 1. The van der Waals surface area contributed by atoms with Gasteiger partial charge in [-0.05, 0) is 37.1 Å². The van der Waals surface area contributed by atoms with Crippen LogP contribution in [0, 0.1) is 0 Å². The quantitative estimate of drug-likeness (QED) is 0.849. The molecule has 4 heteroatoms. The molecule has 0 bridgehead atoms.